The maximum absolute atomic E-state index is 11.5. The lowest BCUT2D eigenvalue weighted by Crippen LogP contribution is -2.28. The van der Waals surface area contributed by atoms with E-state index >= 15 is 0 Å². The van der Waals surface area contributed by atoms with E-state index in [1.54, 1.807) is 0 Å². The number of carbonyl (C=O) groups is 2. The van der Waals surface area contributed by atoms with Gasteiger partial charge in [-0.15, -0.1) is 0 Å². The molecule has 0 aromatic rings. The van der Waals surface area contributed by atoms with Gasteiger partial charge in [-0.1, -0.05) is 6.42 Å². The number of carbonyl (C=O) groups excluding carboxylic acids is 2. The SMILES string of the molecule is CCOC(=O)CCCCC1NCCC1CC(=O)OCC. The average Bonchev–Trinajstić information content (AvgIpc) is 2.82. The Balaban J connectivity index is 2.18. The Labute approximate surface area is 121 Å². The highest BCUT2D eigenvalue weighted by molar-refractivity contribution is 5.70. The number of rotatable bonds is 9. The molecular formula is C15H27NO4. The van der Waals surface area contributed by atoms with Crippen LogP contribution in [-0.4, -0.2) is 37.7 Å². The summed E-state index contributed by atoms with van der Waals surface area (Å²) in [4.78, 5) is 22.7. The standard InChI is InChI=1S/C15H27NO4/c1-3-19-14(17)8-6-5-7-13-12(9-10-16-13)11-15(18)20-4-2/h12-13,16H,3-11H2,1-2H3. The summed E-state index contributed by atoms with van der Waals surface area (Å²) in [6.07, 6.45) is 4.86. The van der Waals surface area contributed by atoms with Crippen LogP contribution in [0.25, 0.3) is 0 Å². The minimum absolute atomic E-state index is 0.0993. The molecular weight excluding hydrogens is 258 g/mol. The number of unbranched alkanes of at least 4 members (excludes halogenated alkanes) is 1. The summed E-state index contributed by atoms with van der Waals surface area (Å²) in [5.41, 5.74) is 0. The summed E-state index contributed by atoms with van der Waals surface area (Å²) < 4.78 is 9.91. The van der Waals surface area contributed by atoms with Gasteiger partial charge in [0.05, 0.1) is 13.2 Å². The van der Waals surface area contributed by atoms with Crippen molar-refractivity contribution in [3.05, 3.63) is 0 Å². The quantitative estimate of drug-likeness (QED) is 0.519. The van der Waals surface area contributed by atoms with Gasteiger partial charge in [0.15, 0.2) is 0 Å². The third-order valence-corrected chi connectivity index (χ3v) is 3.68. The molecule has 0 radical (unpaired) electrons. The summed E-state index contributed by atoms with van der Waals surface area (Å²) in [5.74, 6) is 0.157. The van der Waals surface area contributed by atoms with Crippen molar-refractivity contribution in [1.29, 1.82) is 0 Å². The maximum atomic E-state index is 11.5. The third kappa shape index (κ3) is 6.37. The smallest absolute Gasteiger partial charge is 0.306 e. The zero-order valence-electron chi connectivity index (χ0n) is 12.7. The van der Waals surface area contributed by atoms with Crippen LogP contribution >= 0.6 is 0 Å². The van der Waals surface area contributed by atoms with Gasteiger partial charge in [0.2, 0.25) is 0 Å². The van der Waals surface area contributed by atoms with Gasteiger partial charge < -0.3 is 14.8 Å². The Kier molecular flexibility index (Phi) is 8.26. The van der Waals surface area contributed by atoms with E-state index in [1.807, 2.05) is 13.8 Å². The molecule has 1 aliphatic heterocycles. The molecule has 2 atom stereocenters. The molecule has 1 aliphatic rings. The minimum Gasteiger partial charge on any atom is -0.466 e. The minimum atomic E-state index is -0.116. The molecule has 0 aliphatic carbocycles. The van der Waals surface area contributed by atoms with E-state index in [9.17, 15) is 9.59 Å². The fourth-order valence-electron chi connectivity index (χ4n) is 2.70. The largest absolute Gasteiger partial charge is 0.466 e. The molecule has 20 heavy (non-hydrogen) atoms. The second-order valence-corrected chi connectivity index (χ2v) is 5.17. The van der Waals surface area contributed by atoms with Crippen LogP contribution < -0.4 is 5.32 Å². The first-order valence-electron chi connectivity index (χ1n) is 7.72. The first kappa shape index (κ1) is 17.0. The fraction of sp³-hybridized carbons (Fsp3) is 0.867. The molecule has 5 heteroatoms. The summed E-state index contributed by atoms with van der Waals surface area (Å²) in [5, 5.41) is 3.44. The summed E-state index contributed by atoms with van der Waals surface area (Å²) in [6.45, 7) is 5.51. The van der Waals surface area contributed by atoms with Gasteiger partial charge in [0.25, 0.3) is 0 Å². The molecule has 0 bridgehead atoms. The Morgan fingerprint density at radius 3 is 2.50 bits per heavy atom. The zero-order chi connectivity index (χ0) is 14.8. The lowest BCUT2D eigenvalue weighted by molar-refractivity contribution is -0.144. The normalized spacial score (nSPS) is 21.7. The number of hydrogen-bond acceptors (Lipinski definition) is 5. The molecule has 2 unspecified atom stereocenters. The molecule has 0 aromatic heterocycles. The number of ether oxygens (including phenoxy) is 2. The average molecular weight is 285 g/mol. The molecule has 1 heterocycles. The third-order valence-electron chi connectivity index (χ3n) is 3.68. The highest BCUT2D eigenvalue weighted by atomic mass is 16.5. The molecule has 116 valence electrons. The van der Waals surface area contributed by atoms with Crippen LogP contribution in [0.2, 0.25) is 0 Å². The molecule has 0 aromatic carbocycles. The Hall–Kier alpha value is -1.10. The van der Waals surface area contributed by atoms with Crippen molar-refractivity contribution in [2.24, 2.45) is 5.92 Å². The zero-order valence-corrected chi connectivity index (χ0v) is 12.7. The van der Waals surface area contributed by atoms with E-state index in [1.165, 1.54) is 0 Å². The summed E-state index contributed by atoms with van der Waals surface area (Å²) >= 11 is 0. The molecule has 0 amide bonds. The number of esters is 2. The molecule has 1 N–H and O–H groups in total. The van der Waals surface area contributed by atoms with Crippen molar-refractivity contribution in [2.75, 3.05) is 19.8 Å². The lowest BCUT2D eigenvalue weighted by atomic mass is 9.93. The van der Waals surface area contributed by atoms with Gasteiger partial charge in [-0.2, -0.15) is 0 Å². The summed E-state index contributed by atoms with van der Waals surface area (Å²) in [7, 11) is 0. The monoisotopic (exact) mass is 285 g/mol. The summed E-state index contributed by atoms with van der Waals surface area (Å²) in [6, 6.07) is 0.376. The molecule has 1 saturated heterocycles. The van der Waals surface area contributed by atoms with Gasteiger partial charge in [-0.25, -0.2) is 0 Å². The van der Waals surface area contributed by atoms with Crippen LogP contribution in [0.4, 0.5) is 0 Å². The van der Waals surface area contributed by atoms with E-state index in [2.05, 4.69) is 5.32 Å². The Morgan fingerprint density at radius 2 is 1.80 bits per heavy atom. The first-order chi connectivity index (χ1) is 9.67. The highest BCUT2D eigenvalue weighted by Gasteiger charge is 2.28. The Morgan fingerprint density at radius 1 is 1.10 bits per heavy atom. The second kappa shape index (κ2) is 9.75. The van der Waals surface area contributed by atoms with E-state index < -0.39 is 0 Å². The van der Waals surface area contributed by atoms with Crippen LogP contribution in [0.3, 0.4) is 0 Å². The van der Waals surface area contributed by atoms with Gasteiger partial charge in [0, 0.05) is 18.9 Å². The van der Waals surface area contributed by atoms with E-state index in [0.717, 1.165) is 32.2 Å². The molecule has 0 spiro atoms. The van der Waals surface area contributed by atoms with Crippen molar-refractivity contribution in [2.45, 2.75) is 58.4 Å². The first-order valence-corrected chi connectivity index (χ1v) is 7.72. The van der Waals surface area contributed by atoms with Crippen LogP contribution in [0, 0.1) is 5.92 Å². The van der Waals surface area contributed by atoms with Crippen molar-refractivity contribution < 1.29 is 19.1 Å². The van der Waals surface area contributed by atoms with Gasteiger partial charge in [-0.3, -0.25) is 9.59 Å². The van der Waals surface area contributed by atoms with Crippen LogP contribution in [-0.2, 0) is 19.1 Å². The number of hydrogen-bond donors (Lipinski definition) is 1. The van der Waals surface area contributed by atoms with Gasteiger partial charge in [0.1, 0.15) is 0 Å². The van der Waals surface area contributed by atoms with Crippen LogP contribution in [0.5, 0.6) is 0 Å². The Bertz CT molecular complexity index is 306. The van der Waals surface area contributed by atoms with E-state index in [4.69, 9.17) is 9.47 Å². The molecule has 5 nitrogen and oxygen atoms in total. The van der Waals surface area contributed by atoms with Gasteiger partial charge in [-0.05, 0) is 45.6 Å². The predicted molar refractivity (Wildman–Crippen MR) is 76.2 cm³/mol. The van der Waals surface area contributed by atoms with Crippen molar-refractivity contribution in [3.8, 4) is 0 Å². The lowest BCUT2D eigenvalue weighted by Gasteiger charge is -2.18. The van der Waals surface area contributed by atoms with Crippen molar-refractivity contribution >= 4 is 11.9 Å². The molecule has 1 rings (SSSR count). The number of nitrogens with one attached hydrogen (secondary N) is 1. The molecule has 1 fully saturated rings. The van der Waals surface area contributed by atoms with Crippen molar-refractivity contribution in [3.63, 3.8) is 0 Å². The predicted octanol–water partition coefficient (Wildman–Crippen LogP) is 2.04. The van der Waals surface area contributed by atoms with E-state index in [-0.39, 0.29) is 11.9 Å². The highest BCUT2D eigenvalue weighted by Crippen LogP contribution is 2.24. The van der Waals surface area contributed by atoms with Crippen molar-refractivity contribution in [1.82, 2.24) is 5.32 Å². The topological polar surface area (TPSA) is 64.6 Å². The molecule has 0 saturated carbocycles. The van der Waals surface area contributed by atoms with Crippen LogP contribution in [0.15, 0.2) is 0 Å². The van der Waals surface area contributed by atoms with Crippen LogP contribution in [0.1, 0.15) is 52.4 Å². The fourth-order valence-corrected chi connectivity index (χ4v) is 2.70. The van der Waals surface area contributed by atoms with Gasteiger partial charge >= 0.3 is 11.9 Å². The maximum Gasteiger partial charge on any atom is 0.306 e. The second-order valence-electron chi connectivity index (χ2n) is 5.17. The van der Waals surface area contributed by atoms with E-state index in [0.29, 0.717) is 38.0 Å².